The molecule has 3 atom stereocenters. The van der Waals surface area contributed by atoms with Crippen molar-refractivity contribution < 1.29 is 22.3 Å². The second kappa shape index (κ2) is 7.98. The lowest BCUT2D eigenvalue weighted by molar-refractivity contribution is -0.202. The highest BCUT2D eigenvalue weighted by Crippen LogP contribution is 2.53. The van der Waals surface area contributed by atoms with E-state index < -0.39 is 30.1 Å². The van der Waals surface area contributed by atoms with E-state index in [4.69, 9.17) is 4.74 Å². The Kier molecular flexibility index (Phi) is 7.16. The van der Waals surface area contributed by atoms with E-state index in [-0.39, 0.29) is 0 Å². The lowest BCUT2D eigenvalue weighted by Crippen LogP contribution is -2.38. The van der Waals surface area contributed by atoms with E-state index >= 15 is 0 Å². The minimum Gasteiger partial charge on any atom is -0.375 e. The Balaban J connectivity index is 0.000000220. The maximum Gasteiger partial charge on any atom is 0.312 e. The molecule has 0 bridgehead atoms. The van der Waals surface area contributed by atoms with E-state index in [1.807, 2.05) is 0 Å². The fourth-order valence-electron chi connectivity index (χ4n) is 3.03. The first-order valence-corrected chi connectivity index (χ1v) is 8.53. The summed E-state index contributed by atoms with van der Waals surface area (Å²) in [5, 5.41) is 0. The van der Waals surface area contributed by atoms with Gasteiger partial charge in [-0.05, 0) is 32.1 Å². The summed E-state index contributed by atoms with van der Waals surface area (Å²) in [4.78, 5) is 0. The highest BCUT2D eigenvalue weighted by atomic mass is 19.3. The van der Waals surface area contributed by atoms with Crippen molar-refractivity contribution in [1.29, 1.82) is 0 Å². The third-order valence-electron chi connectivity index (χ3n) is 5.04. The quantitative estimate of drug-likeness (QED) is 0.572. The summed E-state index contributed by atoms with van der Waals surface area (Å²) >= 11 is 0. The Hall–Kier alpha value is -0.320. The second-order valence-corrected chi connectivity index (χ2v) is 6.91. The van der Waals surface area contributed by atoms with E-state index in [1.165, 1.54) is 46.0 Å². The highest BCUT2D eigenvalue weighted by Gasteiger charge is 2.66. The molecular formula is C17H30F4O. The molecule has 0 heterocycles. The molecule has 3 unspecified atom stereocenters. The first-order valence-electron chi connectivity index (χ1n) is 8.53. The van der Waals surface area contributed by atoms with Crippen molar-refractivity contribution in [3.8, 4) is 0 Å². The first-order chi connectivity index (χ1) is 10.1. The van der Waals surface area contributed by atoms with Gasteiger partial charge in [-0.2, -0.15) is 17.6 Å². The van der Waals surface area contributed by atoms with Crippen LogP contribution in [0.1, 0.15) is 72.6 Å². The van der Waals surface area contributed by atoms with Crippen LogP contribution in [-0.4, -0.2) is 24.1 Å². The molecule has 0 spiro atoms. The van der Waals surface area contributed by atoms with Gasteiger partial charge in [0.05, 0.1) is 12.2 Å². The molecule has 2 aliphatic rings. The van der Waals surface area contributed by atoms with Crippen LogP contribution in [0.2, 0.25) is 0 Å². The molecule has 1 nitrogen and oxygen atoms in total. The second-order valence-electron chi connectivity index (χ2n) is 6.91. The van der Waals surface area contributed by atoms with Gasteiger partial charge in [-0.25, -0.2) is 0 Å². The monoisotopic (exact) mass is 326 g/mol. The molecule has 132 valence electrons. The predicted octanol–water partition coefficient (Wildman–Crippen LogP) is 6.07. The third kappa shape index (κ3) is 4.84. The summed E-state index contributed by atoms with van der Waals surface area (Å²) < 4.78 is 56.0. The van der Waals surface area contributed by atoms with Crippen molar-refractivity contribution in [3.05, 3.63) is 0 Å². The number of rotatable bonds is 3. The summed E-state index contributed by atoms with van der Waals surface area (Å²) in [6.45, 7) is 6.97. The van der Waals surface area contributed by atoms with Gasteiger partial charge in [0.1, 0.15) is 0 Å². The van der Waals surface area contributed by atoms with E-state index in [9.17, 15) is 17.6 Å². The molecule has 2 rings (SSSR count). The van der Waals surface area contributed by atoms with Crippen molar-refractivity contribution in [1.82, 2.24) is 0 Å². The number of hydrogen-bond donors (Lipinski definition) is 0. The summed E-state index contributed by atoms with van der Waals surface area (Å²) in [5.74, 6) is -9.42. The van der Waals surface area contributed by atoms with Gasteiger partial charge in [0.2, 0.25) is 0 Å². The van der Waals surface area contributed by atoms with Gasteiger partial charge in [0, 0.05) is 12.3 Å². The van der Waals surface area contributed by atoms with Crippen LogP contribution in [0.3, 0.4) is 0 Å². The van der Waals surface area contributed by atoms with Crippen LogP contribution in [0.25, 0.3) is 0 Å². The van der Waals surface area contributed by atoms with Gasteiger partial charge >= 0.3 is 11.8 Å². The van der Waals surface area contributed by atoms with Crippen molar-refractivity contribution in [2.45, 2.75) is 96.7 Å². The molecule has 2 saturated carbocycles. The van der Waals surface area contributed by atoms with E-state index in [0.29, 0.717) is 12.2 Å². The molecule has 0 aromatic rings. The SMILES string of the molecule is CC1CC(F)(F)C(F)(F)C1C.CCC(C)OC1CCCCC1. The molecule has 22 heavy (non-hydrogen) atoms. The minimum absolute atomic E-state index is 0.470. The lowest BCUT2D eigenvalue weighted by atomic mass is 9.97. The van der Waals surface area contributed by atoms with Gasteiger partial charge in [0.15, 0.2) is 0 Å². The number of ether oxygens (including phenoxy) is 1. The van der Waals surface area contributed by atoms with Crippen LogP contribution in [0.4, 0.5) is 17.6 Å². The molecule has 0 aromatic carbocycles. The minimum atomic E-state index is -3.81. The zero-order chi connectivity index (χ0) is 17.0. The van der Waals surface area contributed by atoms with Gasteiger partial charge < -0.3 is 4.74 Å². The van der Waals surface area contributed by atoms with Crippen molar-refractivity contribution in [2.75, 3.05) is 0 Å². The number of hydrogen-bond acceptors (Lipinski definition) is 1. The summed E-state index contributed by atoms with van der Waals surface area (Å²) in [5.41, 5.74) is 0. The third-order valence-corrected chi connectivity index (χ3v) is 5.04. The Bertz CT molecular complexity index is 327. The van der Waals surface area contributed by atoms with E-state index in [1.54, 1.807) is 0 Å². The Morgan fingerprint density at radius 2 is 1.59 bits per heavy atom. The molecule has 0 saturated heterocycles. The number of halogens is 4. The van der Waals surface area contributed by atoms with Gasteiger partial charge in [-0.15, -0.1) is 0 Å². The van der Waals surface area contributed by atoms with Crippen LogP contribution in [-0.2, 0) is 4.74 Å². The molecule has 0 radical (unpaired) electrons. The molecule has 2 aliphatic carbocycles. The summed E-state index contributed by atoms with van der Waals surface area (Å²) in [7, 11) is 0. The molecule has 0 amide bonds. The van der Waals surface area contributed by atoms with E-state index in [2.05, 4.69) is 13.8 Å². The Labute approximate surface area is 131 Å². The normalized spacial score (nSPS) is 32.2. The topological polar surface area (TPSA) is 9.23 Å². The van der Waals surface area contributed by atoms with Crippen LogP contribution in [0.5, 0.6) is 0 Å². The van der Waals surface area contributed by atoms with Gasteiger partial charge in [-0.1, -0.05) is 40.0 Å². The predicted molar refractivity (Wildman–Crippen MR) is 80.6 cm³/mol. The summed E-state index contributed by atoms with van der Waals surface area (Å²) in [6.07, 6.45) is 8.27. The zero-order valence-electron chi connectivity index (χ0n) is 14.2. The molecule has 5 heteroatoms. The molecule has 0 aromatic heterocycles. The number of alkyl halides is 4. The van der Waals surface area contributed by atoms with Crippen LogP contribution in [0, 0.1) is 11.8 Å². The maximum absolute atomic E-state index is 12.6. The Morgan fingerprint density at radius 1 is 1.05 bits per heavy atom. The van der Waals surface area contributed by atoms with Gasteiger partial charge in [0.25, 0.3) is 0 Å². The fraction of sp³-hybridized carbons (Fsp3) is 1.00. The van der Waals surface area contributed by atoms with Gasteiger partial charge in [-0.3, -0.25) is 0 Å². The van der Waals surface area contributed by atoms with Crippen LogP contribution < -0.4 is 0 Å². The highest BCUT2D eigenvalue weighted by molar-refractivity contribution is 4.99. The van der Waals surface area contributed by atoms with Crippen molar-refractivity contribution in [2.24, 2.45) is 11.8 Å². The fourth-order valence-corrected chi connectivity index (χ4v) is 3.03. The summed E-state index contributed by atoms with van der Waals surface area (Å²) in [6, 6.07) is 0. The molecule has 0 N–H and O–H groups in total. The zero-order valence-corrected chi connectivity index (χ0v) is 14.2. The molecule has 0 aliphatic heterocycles. The largest absolute Gasteiger partial charge is 0.375 e. The lowest BCUT2D eigenvalue weighted by Gasteiger charge is -2.25. The average molecular weight is 326 g/mol. The van der Waals surface area contributed by atoms with Crippen LogP contribution >= 0.6 is 0 Å². The molecular weight excluding hydrogens is 296 g/mol. The first kappa shape index (κ1) is 19.7. The molecule has 2 fully saturated rings. The van der Waals surface area contributed by atoms with Crippen molar-refractivity contribution >= 4 is 0 Å². The Morgan fingerprint density at radius 3 is 1.91 bits per heavy atom. The standard InChI is InChI=1S/C10H20O.C7H10F4/c1-3-9(2)11-10-7-5-4-6-8-10;1-4-3-6(8,9)7(10,11)5(4)2/h9-10H,3-8H2,1-2H3;4-5H,3H2,1-2H3. The smallest absolute Gasteiger partial charge is 0.312 e. The van der Waals surface area contributed by atoms with Crippen molar-refractivity contribution in [3.63, 3.8) is 0 Å². The van der Waals surface area contributed by atoms with Crippen LogP contribution in [0.15, 0.2) is 0 Å². The maximum atomic E-state index is 12.6. The average Bonchev–Trinajstić information content (AvgIpc) is 2.60. The van der Waals surface area contributed by atoms with E-state index in [0.717, 1.165) is 6.42 Å².